The number of para-hydroxylation sites is 1. The normalized spacial score (nSPS) is 13.1. The van der Waals surface area contributed by atoms with E-state index in [2.05, 4.69) is 86.0 Å². The molecule has 0 unspecified atom stereocenters. The number of fused-ring (bicyclic) bond motifs is 7. The molecule has 5 heteroatoms. The van der Waals surface area contributed by atoms with E-state index in [-0.39, 0.29) is 18.7 Å². The standard InChI is InChI=1S/C38H29FN4.CH4/c1-4-23-13-5-6-14-24(23)35-40-36(29-17-8-11-19-31(29)39)42-37(41-35)43-32-20-12-9-16-26(32)28-22-21-27-25-15-7-10-18-30(25)38(2,3)33(27)34(28)43;/h5-22H,4H2,1-3H3;1H4. The Morgan fingerprint density at radius 3 is 2.05 bits per heavy atom. The van der Waals surface area contributed by atoms with Crippen LogP contribution in [0.1, 0.15) is 44.9 Å². The first-order valence-electron chi connectivity index (χ1n) is 14.7. The van der Waals surface area contributed by atoms with Gasteiger partial charge < -0.3 is 0 Å². The molecule has 7 aromatic rings. The van der Waals surface area contributed by atoms with Crippen molar-refractivity contribution in [2.75, 3.05) is 0 Å². The van der Waals surface area contributed by atoms with Crippen molar-refractivity contribution in [1.82, 2.24) is 19.5 Å². The van der Waals surface area contributed by atoms with E-state index < -0.39 is 0 Å². The number of hydrogen-bond donors (Lipinski definition) is 0. The largest absolute Gasteiger partial charge is 0.277 e. The summed E-state index contributed by atoms with van der Waals surface area (Å²) < 4.78 is 17.4. The summed E-state index contributed by atoms with van der Waals surface area (Å²) in [6, 6.07) is 36.3. The van der Waals surface area contributed by atoms with Crippen LogP contribution in [0, 0.1) is 5.82 Å². The zero-order valence-corrected chi connectivity index (χ0v) is 24.3. The second-order valence-electron chi connectivity index (χ2n) is 11.7. The van der Waals surface area contributed by atoms with Gasteiger partial charge in [0, 0.05) is 21.8 Å². The zero-order valence-electron chi connectivity index (χ0n) is 24.3. The Balaban J connectivity index is 0.00000312. The highest BCUT2D eigenvalue weighted by atomic mass is 19.1. The average molecular weight is 577 g/mol. The summed E-state index contributed by atoms with van der Waals surface area (Å²) in [5.41, 5.74) is 9.22. The van der Waals surface area contributed by atoms with Crippen LogP contribution in [0.4, 0.5) is 4.39 Å². The first kappa shape index (κ1) is 27.7. The molecule has 1 aliphatic carbocycles. The first-order chi connectivity index (χ1) is 21.0. The van der Waals surface area contributed by atoms with Gasteiger partial charge in [0.05, 0.1) is 16.6 Å². The van der Waals surface area contributed by atoms with Crippen molar-refractivity contribution in [3.63, 3.8) is 0 Å². The van der Waals surface area contributed by atoms with E-state index in [0.29, 0.717) is 23.2 Å². The lowest BCUT2D eigenvalue weighted by atomic mass is 9.81. The van der Waals surface area contributed by atoms with Crippen LogP contribution < -0.4 is 0 Å². The van der Waals surface area contributed by atoms with Gasteiger partial charge in [0.1, 0.15) is 5.82 Å². The summed E-state index contributed by atoms with van der Waals surface area (Å²) in [5, 5.41) is 2.26. The van der Waals surface area contributed by atoms with E-state index in [1.807, 2.05) is 30.3 Å². The maximum atomic E-state index is 15.3. The molecule has 0 saturated carbocycles. The number of aromatic nitrogens is 4. The highest BCUT2D eigenvalue weighted by Crippen LogP contribution is 2.52. The molecule has 1 aliphatic rings. The number of benzene rings is 5. The van der Waals surface area contributed by atoms with Gasteiger partial charge in [-0.3, -0.25) is 4.57 Å². The number of nitrogens with zero attached hydrogens (tertiary/aromatic N) is 4. The Morgan fingerprint density at radius 1 is 0.636 bits per heavy atom. The molecule has 2 aromatic heterocycles. The molecule has 0 radical (unpaired) electrons. The second-order valence-corrected chi connectivity index (χ2v) is 11.7. The third-order valence-electron chi connectivity index (χ3n) is 8.93. The molecule has 0 fully saturated rings. The van der Waals surface area contributed by atoms with Gasteiger partial charge in [-0.15, -0.1) is 0 Å². The van der Waals surface area contributed by atoms with Crippen molar-refractivity contribution in [3.05, 3.63) is 132 Å². The van der Waals surface area contributed by atoms with Gasteiger partial charge in [0.2, 0.25) is 5.95 Å². The first-order valence-corrected chi connectivity index (χ1v) is 14.7. The van der Waals surface area contributed by atoms with Crippen LogP contribution in [0.2, 0.25) is 0 Å². The summed E-state index contributed by atoms with van der Waals surface area (Å²) in [6.45, 7) is 6.70. The molecule has 0 spiro atoms. The lowest BCUT2D eigenvalue weighted by Gasteiger charge is -2.23. The Labute approximate surface area is 256 Å². The maximum absolute atomic E-state index is 15.3. The molecule has 216 valence electrons. The topological polar surface area (TPSA) is 43.6 Å². The third-order valence-corrected chi connectivity index (χ3v) is 8.93. The van der Waals surface area contributed by atoms with Crippen molar-refractivity contribution >= 4 is 21.8 Å². The fourth-order valence-electron chi connectivity index (χ4n) is 6.92. The summed E-state index contributed by atoms with van der Waals surface area (Å²) in [5.74, 6) is 0.946. The van der Waals surface area contributed by atoms with Crippen molar-refractivity contribution in [2.24, 2.45) is 0 Å². The van der Waals surface area contributed by atoms with Crippen LogP contribution in [0.5, 0.6) is 0 Å². The Kier molecular flexibility index (Phi) is 6.43. The van der Waals surface area contributed by atoms with Crippen LogP contribution in [0.3, 0.4) is 0 Å². The molecule has 0 N–H and O–H groups in total. The summed E-state index contributed by atoms with van der Waals surface area (Å²) in [6.07, 6.45) is 0.821. The molecule has 0 amide bonds. The van der Waals surface area contributed by atoms with E-state index in [1.54, 1.807) is 12.1 Å². The summed E-state index contributed by atoms with van der Waals surface area (Å²) in [4.78, 5) is 15.0. The van der Waals surface area contributed by atoms with Gasteiger partial charge in [0.25, 0.3) is 0 Å². The molecular weight excluding hydrogens is 543 g/mol. The van der Waals surface area contributed by atoms with Crippen LogP contribution in [0.25, 0.3) is 61.7 Å². The van der Waals surface area contributed by atoms with E-state index in [0.717, 1.165) is 39.4 Å². The van der Waals surface area contributed by atoms with Crippen molar-refractivity contribution in [2.45, 2.75) is 40.0 Å². The van der Waals surface area contributed by atoms with Crippen molar-refractivity contribution in [3.8, 4) is 39.9 Å². The SMILES string of the molecule is C.CCc1ccccc1-c1nc(-c2ccccc2F)nc(-n2c3ccccc3c3ccc4c(c32)C(C)(C)c2ccccc2-4)n1. The molecule has 44 heavy (non-hydrogen) atoms. The monoisotopic (exact) mass is 576 g/mol. The zero-order chi connectivity index (χ0) is 29.3. The molecule has 0 aliphatic heterocycles. The lowest BCUT2D eigenvalue weighted by Crippen LogP contribution is -2.17. The smallest absolute Gasteiger partial charge is 0.238 e. The maximum Gasteiger partial charge on any atom is 0.238 e. The number of aryl methyl sites for hydroxylation is 1. The summed E-state index contributed by atoms with van der Waals surface area (Å²) in [7, 11) is 0. The average Bonchev–Trinajstić information content (AvgIpc) is 3.50. The fourth-order valence-corrected chi connectivity index (χ4v) is 6.92. The van der Waals surface area contributed by atoms with E-state index in [1.165, 1.54) is 28.3 Å². The van der Waals surface area contributed by atoms with Gasteiger partial charge >= 0.3 is 0 Å². The molecular formula is C39H33FN4. The second kappa shape index (κ2) is 10.2. The third kappa shape index (κ3) is 3.92. The van der Waals surface area contributed by atoms with Crippen LogP contribution in [-0.4, -0.2) is 19.5 Å². The minimum Gasteiger partial charge on any atom is -0.277 e. The van der Waals surface area contributed by atoms with Crippen molar-refractivity contribution in [1.29, 1.82) is 0 Å². The van der Waals surface area contributed by atoms with Gasteiger partial charge in [-0.25, -0.2) is 9.37 Å². The van der Waals surface area contributed by atoms with Crippen LogP contribution in [-0.2, 0) is 11.8 Å². The Bertz CT molecular complexity index is 2230. The highest BCUT2D eigenvalue weighted by molar-refractivity contribution is 6.12. The summed E-state index contributed by atoms with van der Waals surface area (Å²) >= 11 is 0. The quantitative estimate of drug-likeness (QED) is 0.209. The van der Waals surface area contributed by atoms with Gasteiger partial charge in [-0.1, -0.05) is 119 Å². The predicted molar refractivity (Wildman–Crippen MR) is 179 cm³/mol. The van der Waals surface area contributed by atoms with E-state index >= 15 is 4.39 Å². The molecule has 0 bridgehead atoms. The van der Waals surface area contributed by atoms with E-state index in [9.17, 15) is 0 Å². The van der Waals surface area contributed by atoms with Gasteiger partial charge in [0.15, 0.2) is 11.6 Å². The lowest BCUT2D eigenvalue weighted by molar-refractivity contribution is 0.629. The number of rotatable bonds is 4. The van der Waals surface area contributed by atoms with Crippen molar-refractivity contribution < 1.29 is 4.39 Å². The molecule has 8 rings (SSSR count). The van der Waals surface area contributed by atoms with Gasteiger partial charge in [-0.05, 0) is 52.4 Å². The van der Waals surface area contributed by atoms with E-state index in [4.69, 9.17) is 15.0 Å². The molecule has 4 nitrogen and oxygen atoms in total. The molecule has 0 saturated heterocycles. The predicted octanol–water partition coefficient (Wildman–Crippen LogP) is 9.95. The molecule has 0 atom stereocenters. The van der Waals surface area contributed by atoms with Crippen LogP contribution in [0.15, 0.2) is 109 Å². The number of hydrogen-bond acceptors (Lipinski definition) is 3. The molecule has 5 aromatic carbocycles. The van der Waals surface area contributed by atoms with Gasteiger partial charge in [-0.2, -0.15) is 9.97 Å². The number of halogens is 1. The minimum absolute atomic E-state index is 0. The Hall–Kier alpha value is -5.16. The fraction of sp³-hybridized carbons (Fsp3) is 0.154. The Morgan fingerprint density at radius 2 is 1.27 bits per heavy atom. The molecule has 2 heterocycles. The minimum atomic E-state index is -0.367. The highest BCUT2D eigenvalue weighted by Gasteiger charge is 2.38. The van der Waals surface area contributed by atoms with Crippen LogP contribution >= 0.6 is 0 Å².